The van der Waals surface area contributed by atoms with E-state index >= 15 is 0 Å². The fraction of sp³-hybridized carbons (Fsp3) is 0.222. The van der Waals surface area contributed by atoms with Gasteiger partial charge in [-0.25, -0.2) is 8.42 Å². The van der Waals surface area contributed by atoms with Crippen molar-refractivity contribution in [1.82, 2.24) is 0 Å². The molecule has 4 nitrogen and oxygen atoms in total. The number of aliphatic hydroxyl groups is 1. The number of terminal acetylenes is 1. The molecule has 0 bridgehead atoms. The highest BCUT2D eigenvalue weighted by Crippen LogP contribution is 2.50. The van der Waals surface area contributed by atoms with Crippen LogP contribution in [-0.2, 0) is 15.6 Å². The molecule has 0 heterocycles. The number of nitrogens with zero attached hydrogens (tertiary/aromatic N) is 1. The number of benzene rings is 2. The van der Waals surface area contributed by atoms with E-state index in [4.69, 9.17) is 6.42 Å². The van der Waals surface area contributed by atoms with Gasteiger partial charge in [0.25, 0.3) is 15.6 Å². The first kappa shape index (κ1) is 22.6. The maximum Gasteiger partial charge on any atom is 0.430 e. The maximum atomic E-state index is 13.0. The summed E-state index contributed by atoms with van der Waals surface area (Å²) in [4.78, 5) is -0.179. The highest BCUT2D eigenvalue weighted by molar-refractivity contribution is 7.92. The summed E-state index contributed by atoms with van der Waals surface area (Å²) in [6.45, 7) is -0.528. The Morgan fingerprint density at radius 3 is 1.79 bits per heavy atom. The molecule has 0 unspecified atom stereocenters. The molecule has 0 saturated carbocycles. The van der Waals surface area contributed by atoms with Crippen molar-refractivity contribution in [1.29, 1.82) is 0 Å². The van der Waals surface area contributed by atoms with Gasteiger partial charge in [-0.2, -0.15) is 26.3 Å². The molecule has 0 amide bonds. The fourth-order valence-electron chi connectivity index (χ4n) is 2.47. The minimum absolute atomic E-state index is 0.179. The van der Waals surface area contributed by atoms with Gasteiger partial charge in [0.05, 0.1) is 17.1 Å². The van der Waals surface area contributed by atoms with E-state index in [9.17, 15) is 39.9 Å². The average molecular weight is 437 g/mol. The number of anilines is 1. The first-order chi connectivity index (χ1) is 13.3. The largest absolute Gasteiger partial charge is 0.430 e. The Labute approximate surface area is 162 Å². The third-order valence-corrected chi connectivity index (χ3v) is 5.75. The second-order valence-corrected chi connectivity index (χ2v) is 7.64. The van der Waals surface area contributed by atoms with Gasteiger partial charge in [-0.1, -0.05) is 36.3 Å². The molecule has 0 atom stereocenters. The predicted octanol–water partition coefficient (Wildman–Crippen LogP) is 3.83. The molecule has 0 aliphatic rings. The van der Waals surface area contributed by atoms with Crippen molar-refractivity contribution < 1.29 is 39.9 Å². The Bertz CT molecular complexity index is 979. The van der Waals surface area contributed by atoms with Gasteiger partial charge in [0.1, 0.15) is 0 Å². The van der Waals surface area contributed by atoms with Crippen LogP contribution in [0, 0.1) is 12.3 Å². The molecule has 11 heteroatoms. The van der Waals surface area contributed by atoms with Gasteiger partial charge in [-0.05, 0) is 24.3 Å². The van der Waals surface area contributed by atoms with Crippen molar-refractivity contribution in [2.75, 3.05) is 10.8 Å². The van der Waals surface area contributed by atoms with Crippen LogP contribution in [0.4, 0.5) is 32.0 Å². The summed E-state index contributed by atoms with van der Waals surface area (Å²) in [7, 11) is -4.24. The molecule has 0 radical (unpaired) electrons. The normalized spacial score (nSPS) is 13.0. The molecule has 0 fully saturated rings. The van der Waals surface area contributed by atoms with E-state index in [0.717, 1.165) is 0 Å². The smallest absolute Gasteiger partial charge is 0.369 e. The second kappa shape index (κ2) is 7.61. The monoisotopic (exact) mass is 437 g/mol. The highest BCUT2D eigenvalue weighted by atomic mass is 32.2. The van der Waals surface area contributed by atoms with Gasteiger partial charge in [0.15, 0.2) is 0 Å². The maximum absolute atomic E-state index is 13.0. The van der Waals surface area contributed by atoms with Crippen molar-refractivity contribution in [2.45, 2.75) is 22.8 Å². The lowest BCUT2D eigenvalue weighted by atomic mass is 9.92. The van der Waals surface area contributed by atoms with Gasteiger partial charge in [-0.15, -0.1) is 6.42 Å². The Hall–Kier alpha value is -2.71. The molecule has 1 N–H and O–H groups in total. The lowest BCUT2D eigenvalue weighted by Gasteiger charge is -2.33. The van der Waals surface area contributed by atoms with E-state index < -0.39 is 40.1 Å². The fourth-order valence-corrected chi connectivity index (χ4v) is 3.87. The highest BCUT2D eigenvalue weighted by Gasteiger charge is 2.71. The number of sulfonamides is 1. The van der Waals surface area contributed by atoms with Crippen molar-refractivity contribution in [3.63, 3.8) is 0 Å². The van der Waals surface area contributed by atoms with Crippen LogP contribution in [0.3, 0.4) is 0 Å². The quantitative estimate of drug-likeness (QED) is 0.572. The molecular weight excluding hydrogens is 424 g/mol. The minimum atomic E-state index is -6.05. The van der Waals surface area contributed by atoms with Gasteiger partial charge >= 0.3 is 12.4 Å². The number of halogens is 6. The molecule has 0 aromatic heterocycles. The third kappa shape index (κ3) is 4.04. The molecular formula is C18H13F6NO3S. The van der Waals surface area contributed by atoms with Gasteiger partial charge in [0.2, 0.25) is 0 Å². The molecule has 29 heavy (non-hydrogen) atoms. The van der Waals surface area contributed by atoms with E-state index in [1.807, 2.05) is 0 Å². The molecule has 0 saturated heterocycles. The van der Waals surface area contributed by atoms with Gasteiger partial charge < -0.3 is 5.11 Å². The lowest BCUT2D eigenvalue weighted by molar-refractivity contribution is -0.376. The Kier molecular flexibility index (Phi) is 5.92. The average Bonchev–Trinajstić information content (AvgIpc) is 2.64. The zero-order valence-corrected chi connectivity index (χ0v) is 15.2. The lowest BCUT2D eigenvalue weighted by Crippen LogP contribution is -2.53. The molecule has 0 aliphatic heterocycles. The van der Waals surface area contributed by atoms with E-state index in [0.29, 0.717) is 28.6 Å². The first-order valence-corrected chi connectivity index (χ1v) is 9.18. The molecule has 2 rings (SSSR count). The van der Waals surface area contributed by atoms with E-state index in [1.165, 1.54) is 24.3 Å². The summed E-state index contributed by atoms with van der Waals surface area (Å²) in [5.74, 6) is 2.07. The molecule has 156 valence electrons. The molecule has 0 aliphatic carbocycles. The molecule has 0 spiro atoms. The third-order valence-electron chi connectivity index (χ3n) is 3.96. The zero-order valence-electron chi connectivity index (χ0n) is 14.4. The van der Waals surface area contributed by atoms with Crippen molar-refractivity contribution in [3.05, 3.63) is 60.2 Å². The first-order valence-electron chi connectivity index (χ1n) is 7.74. The molecule has 2 aromatic rings. The van der Waals surface area contributed by atoms with Crippen molar-refractivity contribution in [3.8, 4) is 12.3 Å². The Balaban J connectivity index is 2.55. The van der Waals surface area contributed by atoms with Crippen LogP contribution >= 0.6 is 0 Å². The topological polar surface area (TPSA) is 57.6 Å². The standard InChI is InChI=1S/C18H13F6NO3S/c1-2-12-25(29(27,28)15-6-4-3-5-7-15)14-10-8-13(9-11-14)16(26,17(19,20)21)18(22,23)24/h1,3-11,26H,12H2. The summed E-state index contributed by atoms with van der Waals surface area (Å²) in [6, 6.07) is 9.01. The van der Waals surface area contributed by atoms with Crippen LogP contribution in [0.25, 0.3) is 0 Å². The Morgan fingerprint density at radius 1 is 0.897 bits per heavy atom. The van der Waals surface area contributed by atoms with Crippen molar-refractivity contribution >= 4 is 15.7 Å². The summed E-state index contributed by atoms with van der Waals surface area (Å²) < 4.78 is 104. The molecule has 2 aromatic carbocycles. The zero-order chi connectivity index (χ0) is 22.1. The van der Waals surface area contributed by atoms with Crippen LogP contribution in [-0.4, -0.2) is 32.4 Å². The van der Waals surface area contributed by atoms with Crippen LogP contribution < -0.4 is 4.31 Å². The van der Waals surface area contributed by atoms with Crippen LogP contribution in [0.2, 0.25) is 0 Å². The van der Waals surface area contributed by atoms with Gasteiger partial charge in [0, 0.05) is 5.56 Å². The van der Waals surface area contributed by atoms with Crippen LogP contribution in [0.5, 0.6) is 0 Å². The summed E-state index contributed by atoms with van der Waals surface area (Å²) in [5.41, 5.74) is -6.91. The number of alkyl halides is 6. The van der Waals surface area contributed by atoms with E-state index in [2.05, 4.69) is 5.92 Å². The SMILES string of the molecule is C#CCN(c1ccc(C(O)(C(F)(F)F)C(F)(F)F)cc1)S(=O)(=O)c1ccccc1. The summed E-state index contributed by atoms with van der Waals surface area (Å²) in [6.07, 6.45) is -6.95. The Morgan fingerprint density at radius 2 is 1.38 bits per heavy atom. The number of rotatable bonds is 5. The van der Waals surface area contributed by atoms with Gasteiger partial charge in [-0.3, -0.25) is 4.31 Å². The number of hydrogen-bond acceptors (Lipinski definition) is 3. The summed E-state index contributed by atoms with van der Waals surface area (Å²) in [5, 5.41) is 9.41. The second-order valence-electron chi connectivity index (χ2n) is 5.78. The number of hydrogen-bond donors (Lipinski definition) is 1. The van der Waals surface area contributed by atoms with Crippen LogP contribution in [0.15, 0.2) is 59.5 Å². The van der Waals surface area contributed by atoms with Crippen LogP contribution in [0.1, 0.15) is 5.56 Å². The minimum Gasteiger partial charge on any atom is -0.369 e. The van der Waals surface area contributed by atoms with E-state index in [1.54, 1.807) is 6.07 Å². The predicted molar refractivity (Wildman–Crippen MR) is 92.3 cm³/mol. The van der Waals surface area contributed by atoms with E-state index in [-0.39, 0.29) is 10.6 Å². The van der Waals surface area contributed by atoms with Crippen molar-refractivity contribution in [2.24, 2.45) is 0 Å². The summed E-state index contributed by atoms with van der Waals surface area (Å²) >= 11 is 0.